The van der Waals surface area contributed by atoms with Crippen molar-refractivity contribution in [3.63, 3.8) is 0 Å². The average molecular weight is 696 g/mol. The summed E-state index contributed by atoms with van der Waals surface area (Å²) in [6.07, 6.45) is 1.06. The van der Waals surface area contributed by atoms with Crippen LogP contribution in [0.4, 0.5) is 5.82 Å². The van der Waals surface area contributed by atoms with Crippen LogP contribution in [0.2, 0.25) is 10.0 Å². The van der Waals surface area contributed by atoms with Crippen LogP contribution in [0.1, 0.15) is 28.1 Å². The van der Waals surface area contributed by atoms with Gasteiger partial charge in [0, 0.05) is 28.7 Å². The number of aryl methyl sites for hydroxylation is 2. The Kier molecular flexibility index (Phi) is 10.3. The van der Waals surface area contributed by atoms with Gasteiger partial charge in [-0.1, -0.05) is 47.5 Å². The quantitative estimate of drug-likeness (QED) is 0.127. The number of rotatable bonds is 13. The standard InChI is InChI=1S/C37H32Cl2N6O4/c1-46-28-9-4-23(5-10-28)21-41-34-15-13-31-32(44-45(36(31)43-34)22-24-6-11-29(47-2)12-7-24)14-8-27-19-33(35(39)37(42-27)48-3)49-30-17-25(20-40)16-26(38)18-30/h4-7,9-13,15-19H,8,14,21-22H2,1-3H3,(H,41,43). The molecule has 0 unspecified atom stereocenters. The topological polar surface area (TPSA) is 116 Å². The van der Waals surface area contributed by atoms with E-state index >= 15 is 0 Å². The van der Waals surface area contributed by atoms with Crippen LogP contribution < -0.4 is 24.3 Å². The van der Waals surface area contributed by atoms with E-state index in [1.54, 1.807) is 38.5 Å². The lowest BCUT2D eigenvalue weighted by atomic mass is 10.1. The van der Waals surface area contributed by atoms with Crippen molar-refractivity contribution in [2.24, 2.45) is 0 Å². The van der Waals surface area contributed by atoms with Crippen molar-refractivity contribution < 1.29 is 18.9 Å². The van der Waals surface area contributed by atoms with E-state index in [4.69, 9.17) is 52.2 Å². The summed E-state index contributed by atoms with van der Waals surface area (Å²) < 4.78 is 24.1. The van der Waals surface area contributed by atoms with Gasteiger partial charge < -0.3 is 24.3 Å². The summed E-state index contributed by atoms with van der Waals surface area (Å²) in [6.45, 7) is 1.12. The number of nitriles is 1. The van der Waals surface area contributed by atoms with E-state index in [9.17, 15) is 5.26 Å². The van der Waals surface area contributed by atoms with Gasteiger partial charge in [0.2, 0.25) is 5.88 Å². The molecule has 6 rings (SSSR count). The van der Waals surface area contributed by atoms with Gasteiger partial charge in [0.1, 0.15) is 28.1 Å². The van der Waals surface area contributed by atoms with Gasteiger partial charge >= 0.3 is 0 Å². The number of anilines is 1. The molecule has 0 atom stereocenters. The first-order chi connectivity index (χ1) is 23.8. The Labute approximate surface area is 293 Å². The first-order valence-electron chi connectivity index (χ1n) is 15.3. The Morgan fingerprint density at radius 2 is 1.49 bits per heavy atom. The minimum Gasteiger partial charge on any atom is -0.497 e. The molecule has 49 heavy (non-hydrogen) atoms. The third-order valence-electron chi connectivity index (χ3n) is 7.78. The van der Waals surface area contributed by atoms with E-state index in [1.807, 2.05) is 65.3 Å². The molecular formula is C37H32Cl2N6O4. The molecular weight excluding hydrogens is 663 g/mol. The predicted molar refractivity (Wildman–Crippen MR) is 189 cm³/mol. The molecule has 0 amide bonds. The lowest BCUT2D eigenvalue weighted by Gasteiger charge is -2.13. The second-order valence-electron chi connectivity index (χ2n) is 11.0. The number of hydrogen-bond donors (Lipinski definition) is 1. The minimum absolute atomic E-state index is 0.206. The molecule has 0 radical (unpaired) electrons. The summed E-state index contributed by atoms with van der Waals surface area (Å²) in [6, 6.07) is 28.4. The molecule has 12 heteroatoms. The number of pyridine rings is 2. The number of halogens is 2. The Bertz CT molecular complexity index is 2130. The van der Waals surface area contributed by atoms with Crippen LogP contribution in [0.25, 0.3) is 11.0 Å². The molecule has 0 spiro atoms. The number of hydrogen-bond acceptors (Lipinski definition) is 9. The molecule has 0 aliphatic heterocycles. The van der Waals surface area contributed by atoms with Crippen LogP contribution in [-0.2, 0) is 25.9 Å². The van der Waals surface area contributed by atoms with Crippen molar-refractivity contribution in [1.29, 1.82) is 5.26 Å². The molecule has 1 N–H and O–H groups in total. The van der Waals surface area contributed by atoms with E-state index in [-0.39, 0.29) is 10.9 Å². The van der Waals surface area contributed by atoms with Gasteiger partial charge in [-0.3, -0.25) is 0 Å². The van der Waals surface area contributed by atoms with Crippen LogP contribution in [0, 0.1) is 11.3 Å². The fraction of sp³-hybridized carbons (Fsp3) is 0.189. The average Bonchev–Trinajstić information content (AvgIpc) is 3.47. The Morgan fingerprint density at radius 1 is 0.776 bits per heavy atom. The Balaban J connectivity index is 1.28. The highest BCUT2D eigenvalue weighted by Gasteiger charge is 2.18. The fourth-order valence-electron chi connectivity index (χ4n) is 5.28. The van der Waals surface area contributed by atoms with Crippen LogP contribution in [0.3, 0.4) is 0 Å². The monoisotopic (exact) mass is 694 g/mol. The first-order valence-corrected chi connectivity index (χ1v) is 16.1. The number of ether oxygens (including phenoxy) is 4. The lowest BCUT2D eigenvalue weighted by molar-refractivity contribution is 0.390. The summed E-state index contributed by atoms with van der Waals surface area (Å²) in [5.41, 5.74) is 4.83. The van der Waals surface area contributed by atoms with E-state index in [0.717, 1.165) is 45.2 Å². The molecule has 0 saturated heterocycles. The zero-order chi connectivity index (χ0) is 34.3. The molecule has 248 valence electrons. The van der Waals surface area contributed by atoms with E-state index in [0.29, 0.717) is 53.7 Å². The zero-order valence-electron chi connectivity index (χ0n) is 27.0. The van der Waals surface area contributed by atoms with E-state index in [2.05, 4.69) is 16.4 Å². The molecule has 3 heterocycles. The second-order valence-corrected chi connectivity index (χ2v) is 11.9. The lowest BCUT2D eigenvalue weighted by Crippen LogP contribution is -2.05. The van der Waals surface area contributed by atoms with Crippen molar-refractivity contribution in [2.45, 2.75) is 25.9 Å². The van der Waals surface area contributed by atoms with Gasteiger partial charge in [0.25, 0.3) is 0 Å². The van der Waals surface area contributed by atoms with Gasteiger partial charge in [-0.15, -0.1) is 0 Å². The number of aromatic nitrogens is 4. The maximum absolute atomic E-state index is 9.35. The molecule has 0 bridgehead atoms. The van der Waals surface area contributed by atoms with Crippen molar-refractivity contribution in [2.75, 3.05) is 26.6 Å². The van der Waals surface area contributed by atoms with Crippen molar-refractivity contribution in [3.8, 4) is 34.9 Å². The van der Waals surface area contributed by atoms with Crippen LogP contribution >= 0.6 is 23.2 Å². The van der Waals surface area contributed by atoms with E-state index < -0.39 is 0 Å². The maximum atomic E-state index is 9.35. The zero-order valence-corrected chi connectivity index (χ0v) is 28.5. The number of fused-ring (bicyclic) bond motifs is 1. The maximum Gasteiger partial charge on any atom is 0.236 e. The predicted octanol–water partition coefficient (Wildman–Crippen LogP) is 8.27. The Hall–Kier alpha value is -5.50. The summed E-state index contributed by atoms with van der Waals surface area (Å²) in [4.78, 5) is 9.60. The summed E-state index contributed by atoms with van der Waals surface area (Å²) in [5.74, 6) is 3.25. The molecule has 0 aliphatic carbocycles. The SMILES string of the molecule is COc1ccc(CNc2ccc3c(CCc4cc(Oc5cc(Cl)cc(C#N)c5)c(Cl)c(OC)n4)nn(Cc4ccc(OC)cc4)c3n2)cc1. The number of benzene rings is 3. The van der Waals surface area contributed by atoms with Gasteiger partial charge in [0.05, 0.1) is 45.2 Å². The summed E-state index contributed by atoms with van der Waals surface area (Å²) in [5, 5.41) is 19.3. The molecule has 0 aliphatic rings. The van der Waals surface area contributed by atoms with Crippen molar-refractivity contribution >= 4 is 40.1 Å². The fourth-order valence-corrected chi connectivity index (χ4v) is 5.72. The van der Waals surface area contributed by atoms with E-state index in [1.165, 1.54) is 7.11 Å². The molecule has 3 aromatic heterocycles. The molecule has 6 aromatic rings. The van der Waals surface area contributed by atoms with Crippen molar-refractivity contribution in [3.05, 3.63) is 123 Å². The normalized spacial score (nSPS) is 10.9. The van der Waals surface area contributed by atoms with Crippen molar-refractivity contribution in [1.82, 2.24) is 19.7 Å². The summed E-state index contributed by atoms with van der Waals surface area (Å²) in [7, 11) is 4.80. The highest BCUT2D eigenvalue weighted by Crippen LogP contribution is 2.37. The van der Waals surface area contributed by atoms with Gasteiger partial charge in [-0.2, -0.15) is 10.4 Å². The van der Waals surface area contributed by atoms with Gasteiger partial charge in [-0.05, 0) is 78.6 Å². The first kappa shape index (κ1) is 33.4. The largest absolute Gasteiger partial charge is 0.497 e. The van der Waals surface area contributed by atoms with Crippen LogP contribution in [0.5, 0.6) is 28.9 Å². The molecule has 10 nitrogen and oxygen atoms in total. The molecule has 0 saturated carbocycles. The molecule has 0 fully saturated rings. The highest BCUT2D eigenvalue weighted by molar-refractivity contribution is 6.33. The highest BCUT2D eigenvalue weighted by atomic mass is 35.5. The van der Waals surface area contributed by atoms with Crippen LogP contribution in [-0.4, -0.2) is 41.1 Å². The third kappa shape index (κ3) is 7.97. The number of nitrogens with zero attached hydrogens (tertiary/aromatic N) is 5. The van der Waals surface area contributed by atoms with Gasteiger partial charge in [0.15, 0.2) is 11.4 Å². The number of nitrogens with one attached hydrogen (secondary N) is 1. The van der Waals surface area contributed by atoms with Gasteiger partial charge in [-0.25, -0.2) is 14.6 Å². The van der Waals surface area contributed by atoms with Crippen LogP contribution in [0.15, 0.2) is 84.9 Å². The molecule has 3 aromatic carbocycles. The second kappa shape index (κ2) is 15.2. The smallest absolute Gasteiger partial charge is 0.236 e. The minimum atomic E-state index is 0.206. The summed E-state index contributed by atoms with van der Waals surface area (Å²) >= 11 is 12.8. The third-order valence-corrected chi connectivity index (χ3v) is 8.35. The Morgan fingerprint density at radius 3 is 2.16 bits per heavy atom. The number of methoxy groups -OCH3 is 3.